The SMILES string of the molecule is CNC(=O)c1ccc(/C=C/C(=O)c2ccc(O)c(OC)c2)cc1. The van der Waals surface area contributed by atoms with Crippen LogP contribution in [0.3, 0.4) is 0 Å². The third kappa shape index (κ3) is 3.97. The zero-order valence-corrected chi connectivity index (χ0v) is 12.9. The molecule has 0 fully saturated rings. The van der Waals surface area contributed by atoms with Gasteiger partial charge in [0.25, 0.3) is 5.91 Å². The number of hydrogen-bond donors (Lipinski definition) is 2. The maximum atomic E-state index is 12.1. The monoisotopic (exact) mass is 311 g/mol. The number of ether oxygens (including phenoxy) is 1. The van der Waals surface area contributed by atoms with Crippen LogP contribution in [-0.4, -0.2) is 31.0 Å². The minimum absolute atomic E-state index is 0.0159. The second kappa shape index (κ2) is 7.26. The molecule has 0 aliphatic heterocycles. The first-order valence-electron chi connectivity index (χ1n) is 6.96. The smallest absolute Gasteiger partial charge is 0.251 e. The summed E-state index contributed by atoms with van der Waals surface area (Å²) in [4.78, 5) is 23.6. The lowest BCUT2D eigenvalue weighted by Gasteiger charge is -2.04. The van der Waals surface area contributed by atoms with Crippen LogP contribution in [0.4, 0.5) is 0 Å². The second-order valence-electron chi connectivity index (χ2n) is 4.79. The van der Waals surface area contributed by atoms with E-state index < -0.39 is 0 Å². The van der Waals surface area contributed by atoms with Crippen LogP contribution >= 0.6 is 0 Å². The van der Waals surface area contributed by atoms with Gasteiger partial charge in [-0.05, 0) is 42.0 Å². The third-order valence-corrected chi connectivity index (χ3v) is 3.29. The topological polar surface area (TPSA) is 75.6 Å². The molecule has 1 amide bonds. The first kappa shape index (κ1) is 16.3. The lowest BCUT2D eigenvalue weighted by atomic mass is 10.1. The number of carbonyl (C=O) groups excluding carboxylic acids is 2. The van der Waals surface area contributed by atoms with Crippen molar-refractivity contribution < 1.29 is 19.4 Å². The molecule has 5 heteroatoms. The number of ketones is 1. The van der Waals surface area contributed by atoms with E-state index in [1.807, 2.05) is 0 Å². The zero-order chi connectivity index (χ0) is 16.8. The number of hydrogen-bond acceptors (Lipinski definition) is 4. The quantitative estimate of drug-likeness (QED) is 0.657. The summed E-state index contributed by atoms with van der Waals surface area (Å²) in [6.07, 6.45) is 3.09. The largest absolute Gasteiger partial charge is 0.504 e. The van der Waals surface area contributed by atoms with Crippen molar-refractivity contribution in [3.8, 4) is 11.5 Å². The molecule has 2 rings (SSSR count). The van der Waals surface area contributed by atoms with Gasteiger partial charge in [-0.1, -0.05) is 18.2 Å². The Kier molecular flexibility index (Phi) is 5.15. The number of carbonyl (C=O) groups is 2. The Morgan fingerprint density at radius 3 is 2.35 bits per heavy atom. The number of benzene rings is 2. The fourth-order valence-corrected chi connectivity index (χ4v) is 1.99. The first-order chi connectivity index (χ1) is 11.0. The average Bonchev–Trinajstić information content (AvgIpc) is 2.59. The highest BCUT2D eigenvalue weighted by Gasteiger charge is 2.07. The van der Waals surface area contributed by atoms with Gasteiger partial charge in [0.05, 0.1) is 7.11 Å². The Morgan fingerprint density at radius 1 is 1.09 bits per heavy atom. The number of allylic oxidation sites excluding steroid dienone is 1. The highest BCUT2D eigenvalue weighted by molar-refractivity contribution is 6.07. The molecule has 0 atom stereocenters. The fraction of sp³-hybridized carbons (Fsp3) is 0.111. The molecule has 0 bridgehead atoms. The standard InChI is InChI=1S/C18H17NO4/c1-19-18(22)13-6-3-12(4-7-13)5-9-15(20)14-8-10-16(21)17(11-14)23-2/h3-11,21H,1-2H3,(H,19,22)/b9-5+. The predicted octanol–water partition coefficient (Wildman–Crippen LogP) is 2.66. The van der Waals surface area contributed by atoms with Crippen molar-refractivity contribution in [3.63, 3.8) is 0 Å². The lowest BCUT2D eigenvalue weighted by molar-refractivity contribution is 0.0962. The van der Waals surface area contributed by atoms with Crippen molar-refractivity contribution in [1.82, 2.24) is 5.32 Å². The van der Waals surface area contributed by atoms with Gasteiger partial charge >= 0.3 is 0 Å². The summed E-state index contributed by atoms with van der Waals surface area (Å²) in [5.74, 6) is -0.136. The van der Waals surface area contributed by atoms with E-state index in [0.29, 0.717) is 11.1 Å². The van der Waals surface area contributed by atoms with Crippen LogP contribution in [0.1, 0.15) is 26.3 Å². The molecule has 0 saturated heterocycles. The molecule has 2 N–H and O–H groups in total. The van der Waals surface area contributed by atoms with E-state index >= 15 is 0 Å². The van der Waals surface area contributed by atoms with Gasteiger partial charge in [0.15, 0.2) is 17.3 Å². The summed E-state index contributed by atoms with van der Waals surface area (Å²) < 4.78 is 4.98. The van der Waals surface area contributed by atoms with Crippen LogP contribution in [0.25, 0.3) is 6.08 Å². The van der Waals surface area contributed by atoms with Gasteiger partial charge in [-0.25, -0.2) is 0 Å². The van der Waals surface area contributed by atoms with Gasteiger partial charge in [0.1, 0.15) is 0 Å². The molecular formula is C18H17NO4. The number of rotatable bonds is 5. The second-order valence-corrected chi connectivity index (χ2v) is 4.79. The Hall–Kier alpha value is -3.08. The van der Waals surface area contributed by atoms with Gasteiger partial charge in [0, 0.05) is 18.2 Å². The van der Waals surface area contributed by atoms with E-state index in [1.165, 1.54) is 31.4 Å². The molecule has 2 aromatic rings. The van der Waals surface area contributed by atoms with Crippen LogP contribution in [0.15, 0.2) is 48.5 Å². The fourth-order valence-electron chi connectivity index (χ4n) is 1.99. The molecule has 0 aliphatic rings. The van der Waals surface area contributed by atoms with E-state index in [4.69, 9.17) is 4.74 Å². The highest BCUT2D eigenvalue weighted by Crippen LogP contribution is 2.26. The normalized spacial score (nSPS) is 10.5. The van der Waals surface area contributed by atoms with Crippen LogP contribution < -0.4 is 10.1 Å². The summed E-state index contributed by atoms with van der Waals surface area (Å²) in [5, 5.41) is 12.1. The minimum Gasteiger partial charge on any atom is -0.504 e. The Bertz CT molecular complexity index is 748. The van der Waals surface area contributed by atoms with Gasteiger partial charge < -0.3 is 15.2 Å². The van der Waals surface area contributed by atoms with E-state index in [0.717, 1.165) is 5.56 Å². The van der Waals surface area contributed by atoms with Gasteiger partial charge in [-0.2, -0.15) is 0 Å². The van der Waals surface area contributed by atoms with Gasteiger partial charge in [0.2, 0.25) is 0 Å². The molecule has 0 aliphatic carbocycles. The molecule has 23 heavy (non-hydrogen) atoms. The Balaban J connectivity index is 2.13. The van der Waals surface area contributed by atoms with Gasteiger partial charge in [-0.3, -0.25) is 9.59 Å². The molecule has 2 aromatic carbocycles. The van der Waals surface area contributed by atoms with Crippen molar-refractivity contribution in [3.05, 3.63) is 65.2 Å². The highest BCUT2D eigenvalue weighted by atomic mass is 16.5. The molecule has 0 saturated carbocycles. The third-order valence-electron chi connectivity index (χ3n) is 3.29. The minimum atomic E-state index is -0.210. The molecule has 0 aromatic heterocycles. The van der Waals surface area contributed by atoms with Crippen LogP contribution in [0.5, 0.6) is 11.5 Å². The Labute approximate surface area is 134 Å². The van der Waals surface area contributed by atoms with Crippen molar-refractivity contribution in [1.29, 1.82) is 0 Å². The number of methoxy groups -OCH3 is 1. The average molecular weight is 311 g/mol. The van der Waals surface area contributed by atoms with Crippen LogP contribution in [-0.2, 0) is 0 Å². The summed E-state index contributed by atoms with van der Waals surface area (Å²) in [6, 6.07) is 11.3. The molecule has 5 nitrogen and oxygen atoms in total. The zero-order valence-electron chi connectivity index (χ0n) is 12.9. The van der Waals surface area contributed by atoms with E-state index in [-0.39, 0.29) is 23.2 Å². The molecule has 118 valence electrons. The summed E-state index contributed by atoms with van der Waals surface area (Å²) >= 11 is 0. The van der Waals surface area contributed by atoms with E-state index in [2.05, 4.69) is 5.32 Å². The van der Waals surface area contributed by atoms with Gasteiger partial charge in [-0.15, -0.1) is 0 Å². The van der Waals surface area contributed by atoms with Crippen molar-refractivity contribution >= 4 is 17.8 Å². The molecule has 0 radical (unpaired) electrons. The number of aromatic hydroxyl groups is 1. The Morgan fingerprint density at radius 2 is 1.74 bits per heavy atom. The number of amides is 1. The summed E-state index contributed by atoms with van der Waals surface area (Å²) in [7, 11) is 2.99. The van der Waals surface area contributed by atoms with Crippen molar-refractivity contribution in [2.75, 3.05) is 14.2 Å². The predicted molar refractivity (Wildman–Crippen MR) is 87.9 cm³/mol. The maximum Gasteiger partial charge on any atom is 0.251 e. The van der Waals surface area contributed by atoms with Crippen LogP contribution in [0.2, 0.25) is 0 Å². The molecule has 0 heterocycles. The van der Waals surface area contributed by atoms with E-state index in [1.54, 1.807) is 37.4 Å². The summed E-state index contributed by atoms with van der Waals surface area (Å²) in [6.45, 7) is 0. The number of phenolic OH excluding ortho intramolecular Hbond substituents is 1. The first-order valence-corrected chi connectivity index (χ1v) is 6.96. The lowest BCUT2D eigenvalue weighted by Crippen LogP contribution is -2.17. The van der Waals surface area contributed by atoms with E-state index in [9.17, 15) is 14.7 Å². The molecule has 0 unspecified atom stereocenters. The maximum absolute atomic E-state index is 12.1. The van der Waals surface area contributed by atoms with Crippen LogP contribution in [0, 0.1) is 0 Å². The van der Waals surface area contributed by atoms with Crippen molar-refractivity contribution in [2.45, 2.75) is 0 Å². The van der Waals surface area contributed by atoms with Crippen molar-refractivity contribution in [2.24, 2.45) is 0 Å². The molecule has 0 spiro atoms. The molecular weight excluding hydrogens is 294 g/mol. The summed E-state index contributed by atoms with van der Waals surface area (Å²) in [5.41, 5.74) is 1.77. The number of phenols is 1. The number of nitrogens with one attached hydrogen (secondary N) is 1.